The maximum absolute atomic E-state index is 6.87. The smallest absolute Gasteiger partial charge is 0.159 e. The van der Waals surface area contributed by atoms with E-state index >= 15 is 0 Å². The molecular formula is C61H43NO. The summed E-state index contributed by atoms with van der Waals surface area (Å²) in [5, 5.41) is 2.24. The van der Waals surface area contributed by atoms with Gasteiger partial charge in [-0.2, -0.15) is 0 Å². The molecule has 2 heteroatoms. The van der Waals surface area contributed by atoms with Gasteiger partial charge in [0, 0.05) is 33.0 Å². The lowest BCUT2D eigenvalue weighted by molar-refractivity contribution is 0.659. The van der Waals surface area contributed by atoms with Crippen LogP contribution in [0.2, 0.25) is 0 Å². The van der Waals surface area contributed by atoms with Gasteiger partial charge in [0.1, 0.15) is 5.58 Å². The minimum Gasteiger partial charge on any atom is -0.454 e. The molecule has 0 N–H and O–H groups in total. The van der Waals surface area contributed by atoms with Gasteiger partial charge in [0.25, 0.3) is 0 Å². The molecule has 14 rings (SSSR count). The van der Waals surface area contributed by atoms with Gasteiger partial charge in [0.05, 0.1) is 11.1 Å². The highest BCUT2D eigenvalue weighted by Crippen LogP contribution is 2.67. The maximum atomic E-state index is 6.87. The zero-order valence-electron chi connectivity index (χ0n) is 35.8. The summed E-state index contributed by atoms with van der Waals surface area (Å²) >= 11 is 0. The third kappa shape index (κ3) is 4.24. The van der Waals surface area contributed by atoms with E-state index in [-0.39, 0.29) is 10.8 Å². The van der Waals surface area contributed by atoms with E-state index in [2.05, 4.69) is 221 Å². The predicted octanol–water partition coefficient (Wildman–Crippen LogP) is 16.0. The summed E-state index contributed by atoms with van der Waals surface area (Å²) in [5.41, 5.74) is 25.7. The lowest BCUT2D eigenvalue weighted by Gasteiger charge is -2.33. The van der Waals surface area contributed by atoms with E-state index in [4.69, 9.17) is 4.42 Å². The van der Waals surface area contributed by atoms with Crippen molar-refractivity contribution in [2.45, 2.75) is 43.9 Å². The van der Waals surface area contributed by atoms with E-state index in [1.165, 1.54) is 89.0 Å². The van der Waals surface area contributed by atoms with Crippen LogP contribution in [-0.4, -0.2) is 0 Å². The highest BCUT2D eigenvalue weighted by Gasteiger charge is 2.54. The first kappa shape index (κ1) is 35.2. The van der Waals surface area contributed by atoms with Crippen molar-refractivity contribution in [3.8, 4) is 44.5 Å². The molecule has 298 valence electrons. The summed E-state index contributed by atoms with van der Waals surface area (Å²) < 4.78 is 6.87. The van der Waals surface area contributed by atoms with Crippen molar-refractivity contribution in [2.24, 2.45) is 0 Å². The molecule has 9 aromatic carbocycles. The number of hydrogen-bond donors (Lipinski definition) is 0. The number of fused-ring (bicyclic) bond motifs is 20. The Bertz CT molecular complexity index is 3650. The minimum atomic E-state index is -0.525. The van der Waals surface area contributed by atoms with Gasteiger partial charge in [-0.15, -0.1) is 0 Å². The molecule has 0 aliphatic heterocycles. The molecule has 4 aliphatic carbocycles. The summed E-state index contributed by atoms with van der Waals surface area (Å²) in [5.74, 6) is 0. The van der Waals surface area contributed by atoms with Crippen LogP contribution in [0.5, 0.6) is 0 Å². The quantitative estimate of drug-likeness (QED) is 0.177. The summed E-state index contributed by atoms with van der Waals surface area (Å²) in [7, 11) is 0. The molecule has 0 saturated carbocycles. The van der Waals surface area contributed by atoms with Gasteiger partial charge in [-0.05, 0) is 125 Å². The Labute approximate surface area is 367 Å². The average Bonchev–Trinajstić information content (AvgIpc) is 4.06. The summed E-state index contributed by atoms with van der Waals surface area (Å²) in [6.07, 6.45) is 0. The van der Waals surface area contributed by atoms with Gasteiger partial charge in [0.15, 0.2) is 5.58 Å². The fourth-order valence-electron chi connectivity index (χ4n) is 12.7. The maximum Gasteiger partial charge on any atom is 0.159 e. The Hall–Kier alpha value is -7.42. The Kier molecular flexibility index (Phi) is 6.67. The van der Waals surface area contributed by atoms with Crippen LogP contribution in [0.4, 0.5) is 17.1 Å². The van der Waals surface area contributed by atoms with Crippen molar-refractivity contribution >= 4 is 39.0 Å². The molecule has 0 saturated heterocycles. The lowest BCUT2D eigenvalue weighted by atomic mass is 9.70. The van der Waals surface area contributed by atoms with Crippen LogP contribution in [-0.2, 0) is 16.2 Å². The van der Waals surface area contributed by atoms with Crippen LogP contribution in [0, 0.1) is 0 Å². The van der Waals surface area contributed by atoms with Crippen molar-refractivity contribution < 1.29 is 4.42 Å². The van der Waals surface area contributed by atoms with Crippen molar-refractivity contribution in [2.75, 3.05) is 4.90 Å². The normalized spacial score (nSPS) is 17.2. The summed E-state index contributed by atoms with van der Waals surface area (Å²) in [6, 6.07) is 70.7. The molecule has 0 bridgehead atoms. The summed E-state index contributed by atoms with van der Waals surface area (Å²) in [6.45, 7) is 9.52. The number of rotatable bonds is 3. The largest absolute Gasteiger partial charge is 0.454 e. The number of hydrogen-bond acceptors (Lipinski definition) is 2. The highest BCUT2D eigenvalue weighted by molar-refractivity contribution is 6.11. The molecule has 10 aromatic rings. The number of benzene rings is 9. The van der Waals surface area contributed by atoms with Gasteiger partial charge in [-0.1, -0.05) is 179 Å². The fraction of sp³-hybridized carbons (Fsp3) is 0.115. The van der Waals surface area contributed by atoms with Gasteiger partial charge < -0.3 is 9.32 Å². The first-order valence-electron chi connectivity index (χ1n) is 22.3. The number of anilines is 3. The van der Waals surface area contributed by atoms with Crippen molar-refractivity contribution in [1.82, 2.24) is 0 Å². The molecule has 63 heavy (non-hydrogen) atoms. The first-order valence-corrected chi connectivity index (χ1v) is 22.3. The standard InChI is InChI=1S/C61H43NO/c1-59(2)47-23-11-7-19-44(47)56-50(59)32-33-51-57(56)45-20-8-13-25-49(45)61(51)48-24-12-6-17-39(48)41-31-29-37(35-53(41)61)62(54-26-15-21-43-42-18-9-14-27-55(42)63-58(43)54)36-28-30-40-38-16-5-10-22-46(38)60(3,4)52(40)34-36/h5-35H,1-4H3. The lowest BCUT2D eigenvalue weighted by Crippen LogP contribution is -2.26. The Balaban J connectivity index is 1.06. The molecule has 4 aliphatic rings. The van der Waals surface area contributed by atoms with E-state index < -0.39 is 5.41 Å². The van der Waals surface area contributed by atoms with Gasteiger partial charge in [0.2, 0.25) is 0 Å². The van der Waals surface area contributed by atoms with Crippen LogP contribution in [0.1, 0.15) is 72.2 Å². The van der Waals surface area contributed by atoms with Crippen LogP contribution in [0.25, 0.3) is 66.4 Å². The third-order valence-electron chi connectivity index (χ3n) is 15.5. The average molecular weight is 806 g/mol. The van der Waals surface area contributed by atoms with Gasteiger partial charge >= 0.3 is 0 Å². The Morgan fingerprint density at radius 3 is 1.56 bits per heavy atom. The van der Waals surface area contributed by atoms with Crippen LogP contribution >= 0.6 is 0 Å². The molecule has 1 unspecified atom stereocenters. The second kappa shape index (κ2) is 11.9. The zero-order valence-corrected chi connectivity index (χ0v) is 35.8. The molecule has 2 nitrogen and oxygen atoms in total. The molecule has 1 heterocycles. The molecule has 0 fully saturated rings. The number of para-hydroxylation sites is 2. The van der Waals surface area contributed by atoms with E-state index in [1.807, 2.05) is 0 Å². The van der Waals surface area contributed by atoms with E-state index in [9.17, 15) is 0 Å². The van der Waals surface area contributed by atoms with Crippen LogP contribution in [0.3, 0.4) is 0 Å². The minimum absolute atomic E-state index is 0.103. The predicted molar refractivity (Wildman–Crippen MR) is 260 cm³/mol. The molecule has 0 amide bonds. The van der Waals surface area contributed by atoms with Crippen molar-refractivity contribution in [3.63, 3.8) is 0 Å². The van der Waals surface area contributed by atoms with Crippen molar-refractivity contribution in [1.29, 1.82) is 0 Å². The monoisotopic (exact) mass is 805 g/mol. The summed E-state index contributed by atoms with van der Waals surface area (Å²) in [4.78, 5) is 2.46. The van der Waals surface area contributed by atoms with Gasteiger partial charge in [-0.3, -0.25) is 0 Å². The topological polar surface area (TPSA) is 16.4 Å². The third-order valence-corrected chi connectivity index (χ3v) is 15.5. The van der Waals surface area contributed by atoms with Crippen molar-refractivity contribution in [3.05, 3.63) is 233 Å². The number of furan rings is 1. The SMILES string of the molecule is CC1(C)c2ccccc2-c2ccc(N(c3ccc4c(c3)C3(c5ccccc5-4)c4ccccc4-c4c3ccc3c4-c4ccccc4C3(C)C)c3cccc4c3oc3ccccc34)cc21. The molecule has 1 atom stereocenters. The second-order valence-electron chi connectivity index (χ2n) is 19.1. The number of nitrogens with zero attached hydrogens (tertiary/aromatic N) is 1. The first-order chi connectivity index (χ1) is 30.8. The van der Waals surface area contributed by atoms with E-state index in [1.54, 1.807) is 0 Å². The second-order valence-corrected chi connectivity index (χ2v) is 19.1. The van der Waals surface area contributed by atoms with Crippen LogP contribution in [0.15, 0.2) is 192 Å². The fourth-order valence-corrected chi connectivity index (χ4v) is 12.7. The molecule has 0 radical (unpaired) electrons. The molecule has 1 aromatic heterocycles. The van der Waals surface area contributed by atoms with E-state index in [0.29, 0.717) is 0 Å². The Morgan fingerprint density at radius 2 is 0.825 bits per heavy atom. The Morgan fingerprint density at radius 1 is 0.349 bits per heavy atom. The zero-order chi connectivity index (χ0) is 42.0. The molecule has 1 spiro atoms. The van der Waals surface area contributed by atoms with E-state index in [0.717, 1.165) is 39.0 Å². The highest BCUT2D eigenvalue weighted by atomic mass is 16.3. The molecular weight excluding hydrogens is 763 g/mol. The van der Waals surface area contributed by atoms with Crippen LogP contribution < -0.4 is 4.90 Å². The van der Waals surface area contributed by atoms with Gasteiger partial charge in [-0.25, -0.2) is 0 Å².